The molecule has 6 heteroatoms. The van der Waals surface area contributed by atoms with Crippen molar-refractivity contribution in [2.75, 3.05) is 31.1 Å². The first-order chi connectivity index (χ1) is 17.7. The molecule has 4 aromatic carbocycles. The minimum atomic E-state index is -0.164. The van der Waals surface area contributed by atoms with E-state index in [0.717, 1.165) is 28.6 Å². The van der Waals surface area contributed by atoms with E-state index in [0.29, 0.717) is 25.3 Å². The molecule has 182 valence electrons. The lowest BCUT2D eigenvalue weighted by molar-refractivity contribution is -0.119. The van der Waals surface area contributed by atoms with Gasteiger partial charge in [0.25, 0.3) is 5.91 Å². The van der Waals surface area contributed by atoms with Crippen LogP contribution in [0.15, 0.2) is 97.1 Å². The Morgan fingerprint density at radius 3 is 2.47 bits per heavy atom. The van der Waals surface area contributed by atoms with E-state index in [2.05, 4.69) is 22.8 Å². The molecule has 0 aromatic heterocycles. The topological polar surface area (TPSA) is 70.7 Å². The average molecular weight is 480 g/mol. The van der Waals surface area contributed by atoms with Gasteiger partial charge in [-0.3, -0.25) is 9.59 Å². The molecule has 0 aliphatic carbocycles. The van der Waals surface area contributed by atoms with Crippen LogP contribution in [0.2, 0.25) is 0 Å². The zero-order chi connectivity index (χ0) is 24.7. The maximum atomic E-state index is 12.8. The number of hydrogen-bond donors (Lipinski definition) is 2. The Labute approximate surface area is 210 Å². The number of nitrogens with zero attached hydrogens (tertiary/aromatic N) is 1. The number of anilines is 1. The summed E-state index contributed by atoms with van der Waals surface area (Å²) < 4.78 is 6.10. The van der Waals surface area contributed by atoms with Gasteiger partial charge in [-0.25, -0.2) is 0 Å². The van der Waals surface area contributed by atoms with E-state index in [1.165, 1.54) is 5.56 Å². The van der Waals surface area contributed by atoms with E-state index in [-0.39, 0.29) is 24.4 Å². The highest BCUT2D eigenvalue weighted by Gasteiger charge is 2.30. The van der Waals surface area contributed by atoms with E-state index in [1.54, 1.807) is 17.0 Å². The molecule has 1 unspecified atom stereocenters. The molecule has 1 atom stereocenters. The molecule has 6 nitrogen and oxygen atoms in total. The number of carbonyl (C=O) groups is 2. The van der Waals surface area contributed by atoms with Crippen LogP contribution in [0.5, 0.6) is 5.75 Å². The molecule has 1 aliphatic rings. The largest absolute Gasteiger partial charge is 0.491 e. The molecular formula is C30H29N3O3. The number of ether oxygens (including phenoxy) is 1. The van der Waals surface area contributed by atoms with Gasteiger partial charge in [-0.1, -0.05) is 60.7 Å². The van der Waals surface area contributed by atoms with Crippen LogP contribution in [0, 0.1) is 0 Å². The summed E-state index contributed by atoms with van der Waals surface area (Å²) >= 11 is 0. The standard InChI is InChI=1S/C30H29N3O3/c34-29-20-31-19-27(21-36-28-15-12-23-8-4-5-9-25(23)18-28)33(29)26-13-10-24(11-14-26)30(35)32-17-16-22-6-2-1-3-7-22/h1-15,18,27,31H,16-17,19-21H2,(H,32,35). The van der Waals surface area contributed by atoms with Gasteiger partial charge in [0, 0.05) is 24.3 Å². The number of benzene rings is 4. The molecule has 0 radical (unpaired) electrons. The molecule has 4 aromatic rings. The highest BCUT2D eigenvalue weighted by molar-refractivity contribution is 5.98. The smallest absolute Gasteiger partial charge is 0.251 e. The molecule has 2 N–H and O–H groups in total. The Bertz CT molecular complexity index is 1340. The molecule has 5 rings (SSSR count). The fourth-order valence-corrected chi connectivity index (χ4v) is 4.50. The summed E-state index contributed by atoms with van der Waals surface area (Å²) in [7, 11) is 0. The lowest BCUT2D eigenvalue weighted by Gasteiger charge is -2.36. The Kier molecular flexibility index (Phi) is 7.24. The molecule has 36 heavy (non-hydrogen) atoms. The predicted molar refractivity (Wildman–Crippen MR) is 143 cm³/mol. The number of rotatable bonds is 8. The maximum Gasteiger partial charge on any atom is 0.251 e. The molecule has 0 spiro atoms. The van der Waals surface area contributed by atoms with Crippen molar-refractivity contribution >= 4 is 28.3 Å². The molecule has 0 saturated carbocycles. The van der Waals surface area contributed by atoms with Gasteiger partial charge in [0.1, 0.15) is 12.4 Å². The summed E-state index contributed by atoms with van der Waals surface area (Å²) in [6.07, 6.45) is 0.777. The second-order valence-electron chi connectivity index (χ2n) is 8.91. The zero-order valence-corrected chi connectivity index (χ0v) is 20.0. The molecule has 1 aliphatic heterocycles. The first-order valence-electron chi connectivity index (χ1n) is 12.2. The van der Waals surface area contributed by atoms with Crippen LogP contribution < -0.4 is 20.3 Å². The van der Waals surface area contributed by atoms with E-state index in [9.17, 15) is 9.59 Å². The van der Waals surface area contributed by atoms with Gasteiger partial charge in [-0.05, 0) is 59.2 Å². The Morgan fingerprint density at radius 1 is 0.917 bits per heavy atom. The average Bonchev–Trinajstić information content (AvgIpc) is 2.92. The quantitative estimate of drug-likeness (QED) is 0.398. The second kappa shape index (κ2) is 11.1. The van der Waals surface area contributed by atoms with Gasteiger partial charge in [0.05, 0.1) is 12.6 Å². The van der Waals surface area contributed by atoms with Gasteiger partial charge in [0.15, 0.2) is 0 Å². The molecule has 1 fully saturated rings. The Hall–Kier alpha value is -4.16. The van der Waals surface area contributed by atoms with Crippen molar-refractivity contribution < 1.29 is 14.3 Å². The van der Waals surface area contributed by atoms with Crippen molar-refractivity contribution in [1.82, 2.24) is 10.6 Å². The van der Waals surface area contributed by atoms with Crippen LogP contribution in [0.4, 0.5) is 5.69 Å². The Morgan fingerprint density at radius 2 is 1.67 bits per heavy atom. The summed E-state index contributed by atoms with van der Waals surface area (Å²) in [6, 6.07) is 31.2. The number of fused-ring (bicyclic) bond motifs is 1. The number of piperazine rings is 1. The molecule has 1 saturated heterocycles. The SMILES string of the molecule is O=C(NCCc1ccccc1)c1ccc(N2C(=O)CNCC2COc2ccc3ccccc3c2)cc1. The lowest BCUT2D eigenvalue weighted by Crippen LogP contribution is -2.57. The van der Waals surface area contributed by atoms with Crippen molar-refractivity contribution in [3.05, 3.63) is 108 Å². The third kappa shape index (κ3) is 5.56. The fraction of sp³-hybridized carbons (Fsp3) is 0.200. The van der Waals surface area contributed by atoms with E-state index >= 15 is 0 Å². The number of amides is 2. The van der Waals surface area contributed by atoms with Crippen LogP contribution in [0.3, 0.4) is 0 Å². The van der Waals surface area contributed by atoms with Gasteiger partial charge in [-0.15, -0.1) is 0 Å². The molecular weight excluding hydrogens is 450 g/mol. The van der Waals surface area contributed by atoms with Crippen molar-refractivity contribution in [2.45, 2.75) is 12.5 Å². The monoisotopic (exact) mass is 479 g/mol. The van der Waals surface area contributed by atoms with Crippen LogP contribution in [-0.4, -0.2) is 44.1 Å². The predicted octanol–water partition coefficient (Wildman–Crippen LogP) is 4.20. The van der Waals surface area contributed by atoms with Crippen LogP contribution in [-0.2, 0) is 11.2 Å². The first-order valence-corrected chi connectivity index (χ1v) is 12.2. The summed E-state index contributed by atoms with van der Waals surface area (Å²) in [5.41, 5.74) is 2.51. The van der Waals surface area contributed by atoms with Crippen LogP contribution in [0.1, 0.15) is 15.9 Å². The van der Waals surface area contributed by atoms with Crippen molar-refractivity contribution in [3.63, 3.8) is 0 Å². The van der Waals surface area contributed by atoms with Crippen LogP contribution in [0.25, 0.3) is 10.8 Å². The maximum absolute atomic E-state index is 12.8. The fourth-order valence-electron chi connectivity index (χ4n) is 4.50. The lowest BCUT2D eigenvalue weighted by atomic mass is 10.1. The number of carbonyl (C=O) groups excluding carboxylic acids is 2. The third-order valence-electron chi connectivity index (χ3n) is 6.40. The summed E-state index contributed by atoms with van der Waals surface area (Å²) in [4.78, 5) is 27.2. The normalized spacial score (nSPS) is 15.6. The van der Waals surface area contributed by atoms with E-state index in [1.807, 2.05) is 72.8 Å². The summed E-state index contributed by atoms with van der Waals surface area (Å²) in [5, 5.41) is 8.42. The summed E-state index contributed by atoms with van der Waals surface area (Å²) in [5.74, 6) is 0.628. The third-order valence-corrected chi connectivity index (χ3v) is 6.40. The number of nitrogens with one attached hydrogen (secondary N) is 2. The second-order valence-corrected chi connectivity index (χ2v) is 8.91. The van der Waals surface area contributed by atoms with E-state index < -0.39 is 0 Å². The Balaban J connectivity index is 1.22. The minimum Gasteiger partial charge on any atom is -0.491 e. The molecule has 0 bridgehead atoms. The molecule has 1 heterocycles. The zero-order valence-electron chi connectivity index (χ0n) is 20.0. The summed E-state index contributed by atoms with van der Waals surface area (Å²) in [6.45, 7) is 1.82. The first kappa shape index (κ1) is 23.6. The van der Waals surface area contributed by atoms with Crippen molar-refractivity contribution in [3.8, 4) is 5.75 Å². The van der Waals surface area contributed by atoms with Gasteiger partial charge in [0.2, 0.25) is 5.91 Å². The van der Waals surface area contributed by atoms with Gasteiger partial charge in [-0.2, -0.15) is 0 Å². The van der Waals surface area contributed by atoms with E-state index in [4.69, 9.17) is 4.74 Å². The highest BCUT2D eigenvalue weighted by atomic mass is 16.5. The van der Waals surface area contributed by atoms with Crippen molar-refractivity contribution in [1.29, 1.82) is 0 Å². The number of hydrogen-bond acceptors (Lipinski definition) is 4. The highest BCUT2D eigenvalue weighted by Crippen LogP contribution is 2.23. The van der Waals surface area contributed by atoms with Gasteiger partial charge >= 0.3 is 0 Å². The molecule has 2 amide bonds. The van der Waals surface area contributed by atoms with Crippen molar-refractivity contribution in [2.24, 2.45) is 0 Å². The minimum absolute atomic E-state index is 0.0200. The van der Waals surface area contributed by atoms with Crippen LogP contribution >= 0.6 is 0 Å². The van der Waals surface area contributed by atoms with Gasteiger partial charge < -0.3 is 20.3 Å².